The Morgan fingerprint density at radius 2 is 2.06 bits per heavy atom. The fourth-order valence-electron chi connectivity index (χ4n) is 1.68. The number of carbonyl (C=O) groups excluding carboxylic acids is 1. The van der Waals surface area contributed by atoms with Crippen LogP contribution in [-0.2, 0) is 4.74 Å². The lowest BCUT2D eigenvalue weighted by atomic mass is 10.1. The van der Waals surface area contributed by atoms with Gasteiger partial charge in [0.2, 0.25) is 5.88 Å². The van der Waals surface area contributed by atoms with Crippen LogP contribution in [0.25, 0.3) is 10.9 Å². The molecular weight excluding hydrogens is 230 g/mol. The van der Waals surface area contributed by atoms with Crippen LogP contribution in [0.2, 0.25) is 0 Å². The third-order valence-electron chi connectivity index (χ3n) is 2.59. The number of ether oxygens (including phenoxy) is 2. The second-order valence-corrected chi connectivity index (χ2v) is 3.93. The number of carbonyl (C=O) groups is 1. The minimum absolute atomic E-state index is 0.0549. The zero-order valence-electron chi connectivity index (χ0n) is 10.5. The van der Waals surface area contributed by atoms with Crippen LogP contribution >= 0.6 is 0 Å². The molecule has 0 spiro atoms. The van der Waals surface area contributed by atoms with Crippen molar-refractivity contribution in [2.75, 3.05) is 20.3 Å². The number of ketones is 1. The molecule has 94 valence electrons. The molecule has 0 N–H and O–H groups in total. The summed E-state index contributed by atoms with van der Waals surface area (Å²) in [6, 6.07) is 9.45. The van der Waals surface area contributed by atoms with Crippen LogP contribution in [0.1, 0.15) is 17.3 Å². The normalized spacial score (nSPS) is 10.6. The highest BCUT2D eigenvalue weighted by Crippen LogP contribution is 2.22. The molecule has 0 saturated heterocycles. The molecule has 0 bridgehead atoms. The van der Waals surface area contributed by atoms with Crippen LogP contribution in [0.4, 0.5) is 0 Å². The van der Waals surface area contributed by atoms with E-state index >= 15 is 0 Å². The highest BCUT2D eigenvalue weighted by atomic mass is 16.5. The number of rotatable bonds is 5. The topological polar surface area (TPSA) is 48.4 Å². The van der Waals surface area contributed by atoms with E-state index in [1.807, 2.05) is 30.3 Å². The summed E-state index contributed by atoms with van der Waals surface area (Å²) in [6.45, 7) is 2.35. The van der Waals surface area contributed by atoms with E-state index in [1.54, 1.807) is 7.11 Å². The van der Waals surface area contributed by atoms with E-state index in [4.69, 9.17) is 9.47 Å². The molecule has 1 aromatic carbocycles. The maximum Gasteiger partial charge on any atom is 0.225 e. The SMILES string of the molecule is COCCOc1nc2ccccc2cc1C(C)=O. The maximum absolute atomic E-state index is 11.6. The van der Waals surface area contributed by atoms with Gasteiger partial charge in [-0.3, -0.25) is 4.79 Å². The first-order valence-electron chi connectivity index (χ1n) is 5.75. The Morgan fingerprint density at radius 1 is 1.28 bits per heavy atom. The number of nitrogens with zero attached hydrogens (tertiary/aromatic N) is 1. The predicted octanol–water partition coefficient (Wildman–Crippen LogP) is 2.46. The van der Waals surface area contributed by atoms with E-state index in [9.17, 15) is 4.79 Å². The number of hydrogen-bond donors (Lipinski definition) is 0. The molecular formula is C14H15NO3. The molecule has 0 unspecified atom stereocenters. The number of para-hydroxylation sites is 1. The summed E-state index contributed by atoms with van der Waals surface area (Å²) >= 11 is 0. The van der Waals surface area contributed by atoms with Crippen LogP contribution in [0.15, 0.2) is 30.3 Å². The molecule has 18 heavy (non-hydrogen) atoms. The Hall–Kier alpha value is -1.94. The monoisotopic (exact) mass is 245 g/mol. The first-order chi connectivity index (χ1) is 8.72. The van der Waals surface area contributed by atoms with Gasteiger partial charge in [0.25, 0.3) is 0 Å². The van der Waals surface area contributed by atoms with E-state index in [-0.39, 0.29) is 5.78 Å². The standard InChI is InChI=1S/C14H15NO3/c1-10(16)12-9-11-5-3-4-6-13(11)15-14(12)18-8-7-17-2/h3-6,9H,7-8H2,1-2H3. The van der Waals surface area contributed by atoms with Gasteiger partial charge in [0.15, 0.2) is 5.78 Å². The van der Waals surface area contributed by atoms with Crippen molar-refractivity contribution < 1.29 is 14.3 Å². The van der Waals surface area contributed by atoms with E-state index in [0.29, 0.717) is 24.7 Å². The Labute approximate surface area is 106 Å². The van der Waals surface area contributed by atoms with Crippen molar-refractivity contribution in [1.29, 1.82) is 0 Å². The van der Waals surface area contributed by atoms with Gasteiger partial charge in [0.1, 0.15) is 6.61 Å². The summed E-state index contributed by atoms with van der Waals surface area (Å²) < 4.78 is 10.4. The second kappa shape index (κ2) is 5.60. The molecule has 0 fully saturated rings. The highest BCUT2D eigenvalue weighted by Gasteiger charge is 2.11. The maximum atomic E-state index is 11.6. The number of pyridine rings is 1. The molecule has 2 rings (SSSR count). The first-order valence-corrected chi connectivity index (χ1v) is 5.75. The number of aromatic nitrogens is 1. The Bertz CT molecular complexity index is 566. The number of fused-ring (bicyclic) bond motifs is 1. The molecule has 0 saturated carbocycles. The van der Waals surface area contributed by atoms with Gasteiger partial charge in [0.05, 0.1) is 17.7 Å². The smallest absolute Gasteiger partial charge is 0.225 e. The largest absolute Gasteiger partial charge is 0.475 e. The van der Waals surface area contributed by atoms with Gasteiger partial charge in [-0.15, -0.1) is 0 Å². The highest BCUT2D eigenvalue weighted by molar-refractivity contribution is 5.99. The van der Waals surface area contributed by atoms with E-state index < -0.39 is 0 Å². The summed E-state index contributed by atoms with van der Waals surface area (Å²) in [6.07, 6.45) is 0. The van der Waals surface area contributed by atoms with Gasteiger partial charge < -0.3 is 9.47 Å². The quantitative estimate of drug-likeness (QED) is 0.599. The average molecular weight is 245 g/mol. The first kappa shape index (κ1) is 12.5. The number of benzene rings is 1. The summed E-state index contributed by atoms with van der Waals surface area (Å²) in [5.41, 5.74) is 1.32. The number of methoxy groups -OCH3 is 1. The minimum atomic E-state index is -0.0549. The number of hydrogen-bond acceptors (Lipinski definition) is 4. The van der Waals surface area contributed by atoms with Gasteiger partial charge in [-0.05, 0) is 19.1 Å². The van der Waals surface area contributed by atoms with Crippen LogP contribution < -0.4 is 4.74 Å². The zero-order valence-corrected chi connectivity index (χ0v) is 10.5. The van der Waals surface area contributed by atoms with E-state index in [0.717, 1.165) is 10.9 Å². The van der Waals surface area contributed by atoms with Gasteiger partial charge in [-0.2, -0.15) is 0 Å². The third kappa shape index (κ3) is 2.65. The van der Waals surface area contributed by atoms with Gasteiger partial charge in [-0.1, -0.05) is 18.2 Å². The summed E-state index contributed by atoms with van der Waals surface area (Å²) in [4.78, 5) is 16.0. The van der Waals surface area contributed by atoms with Crippen molar-refractivity contribution >= 4 is 16.7 Å². The lowest BCUT2D eigenvalue weighted by molar-refractivity contribution is 0.100. The molecule has 0 radical (unpaired) electrons. The molecule has 4 nitrogen and oxygen atoms in total. The molecule has 4 heteroatoms. The van der Waals surface area contributed by atoms with Crippen LogP contribution in [0.5, 0.6) is 5.88 Å². The van der Waals surface area contributed by atoms with Gasteiger partial charge in [0, 0.05) is 12.5 Å². The van der Waals surface area contributed by atoms with E-state index in [1.165, 1.54) is 6.92 Å². The summed E-state index contributed by atoms with van der Waals surface area (Å²) in [5.74, 6) is 0.318. The third-order valence-corrected chi connectivity index (χ3v) is 2.59. The molecule has 0 atom stereocenters. The molecule has 0 amide bonds. The Kier molecular flexibility index (Phi) is 3.89. The average Bonchev–Trinajstić information content (AvgIpc) is 2.38. The Morgan fingerprint density at radius 3 is 2.78 bits per heavy atom. The van der Waals surface area contributed by atoms with E-state index in [2.05, 4.69) is 4.98 Å². The van der Waals surface area contributed by atoms with Crippen LogP contribution in [0.3, 0.4) is 0 Å². The molecule has 0 aliphatic rings. The lowest BCUT2D eigenvalue weighted by Crippen LogP contribution is -2.09. The van der Waals surface area contributed by atoms with Crippen molar-refractivity contribution in [3.8, 4) is 5.88 Å². The van der Waals surface area contributed by atoms with Crippen molar-refractivity contribution in [3.05, 3.63) is 35.9 Å². The minimum Gasteiger partial charge on any atom is -0.475 e. The lowest BCUT2D eigenvalue weighted by Gasteiger charge is -2.09. The van der Waals surface area contributed by atoms with Crippen LogP contribution in [-0.4, -0.2) is 31.1 Å². The van der Waals surface area contributed by atoms with Crippen molar-refractivity contribution in [3.63, 3.8) is 0 Å². The fourth-order valence-corrected chi connectivity index (χ4v) is 1.68. The predicted molar refractivity (Wildman–Crippen MR) is 69.1 cm³/mol. The molecule has 0 aliphatic heterocycles. The van der Waals surface area contributed by atoms with Crippen molar-refractivity contribution in [1.82, 2.24) is 4.98 Å². The Balaban J connectivity index is 2.41. The number of Topliss-reactive ketones (excluding diaryl/α,β-unsaturated/α-hetero) is 1. The van der Waals surface area contributed by atoms with Gasteiger partial charge in [-0.25, -0.2) is 4.98 Å². The van der Waals surface area contributed by atoms with Crippen molar-refractivity contribution in [2.45, 2.75) is 6.92 Å². The second-order valence-electron chi connectivity index (χ2n) is 3.93. The van der Waals surface area contributed by atoms with Crippen molar-refractivity contribution in [2.24, 2.45) is 0 Å². The molecule has 1 aromatic heterocycles. The fraction of sp³-hybridized carbons (Fsp3) is 0.286. The molecule has 0 aliphatic carbocycles. The van der Waals surface area contributed by atoms with Gasteiger partial charge >= 0.3 is 0 Å². The molecule has 2 aromatic rings. The van der Waals surface area contributed by atoms with Crippen LogP contribution in [0, 0.1) is 0 Å². The molecule has 1 heterocycles. The summed E-state index contributed by atoms with van der Waals surface area (Å²) in [7, 11) is 1.60. The summed E-state index contributed by atoms with van der Waals surface area (Å²) in [5, 5.41) is 0.932. The zero-order chi connectivity index (χ0) is 13.0.